The Labute approximate surface area is 186 Å². The van der Waals surface area contributed by atoms with Crippen molar-refractivity contribution in [1.82, 2.24) is 4.90 Å². The Morgan fingerprint density at radius 1 is 0.938 bits per heavy atom. The van der Waals surface area contributed by atoms with Crippen molar-refractivity contribution in [1.29, 1.82) is 0 Å². The smallest absolute Gasteiger partial charge is 0.253 e. The summed E-state index contributed by atoms with van der Waals surface area (Å²) in [4.78, 5) is 29.7. The van der Waals surface area contributed by atoms with Gasteiger partial charge in [-0.3, -0.25) is 9.59 Å². The molecule has 1 saturated carbocycles. The van der Waals surface area contributed by atoms with E-state index < -0.39 is 11.0 Å². The SMILES string of the molecule is O=C1COC2(CCN(C(=O)C3(c4cccc(F)c4)CCCC3)C2)CN1c1ccc(F)cc1. The molecule has 7 heteroatoms. The zero-order chi connectivity index (χ0) is 22.3. The molecule has 0 N–H and O–H groups in total. The number of hydrogen-bond acceptors (Lipinski definition) is 3. The van der Waals surface area contributed by atoms with Gasteiger partial charge in [-0.1, -0.05) is 25.0 Å². The van der Waals surface area contributed by atoms with Crippen LogP contribution in [-0.4, -0.2) is 48.6 Å². The Kier molecular flexibility index (Phi) is 5.24. The third-order valence-corrected chi connectivity index (χ3v) is 7.23. The number of carbonyl (C=O) groups excluding carboxylic acids is 2. The third kappa shape index (κ3) is 3.58. The van der Waals surface area contributed by atoms with Gasteiger partial charge in [-0.2, -0.15) is 0 Å². The number of ether oxygens (including phenoxy) is 1. The van der Waals surface area contributed by atoms with Crippen LogP contribution in [0.25, 0.3) is 0 Å². The van der Waals surface area contributed by atoms with Crippen molar-refractivity contribution in [3.05, 3.63) is 65.7 Å². The Morgan fingerprint density at radius 3 is 2.41 bits per heavy atom. The number of rotatable bonds is 3. The van der Waals surface area contributed by atoms with Gasteiger partial charge in [-0.25, -0.2) is 8.78 Å². The number of halogens is 2. The van der Waals surface area contributed by atoms with Gasteiger partial charge in [0.2, 0.25) is 5.91 Å². The lowest BCUT2D eigenvalue weighted by Crippen LogP contribution is -2.57. The van der Waals surface area contributed by atoms with Crippen LogP contribution in [-0.2, 0) is 19.7 Å². The molecule has 1 unspecified atom stereocenters. The maximum Gasteiger partial charge on any atom is 0.253 e. The number of anilines is 1. The number of morpholine rings is 1. The molecule has 0 aromatic heterocycles. The number of amides is 2. The fourth-order valence-electron chi connectivity index (χ4n) is 5.53. The minimum absolute atomic E-state index is 0.0197. The second-order valence-electron chi connectivity index (χ2n) is 9.20. The molecule has 2 aliphatic heterocycles. The lowest BCUT2D eigenvalue weighted by Gasteiger charge is -2.40. The molecule has 2 amide bonds. The monoisotopic (exact) mass is 440 g/mol. The molecule has 0 radical (unpaired) electrons. The van der Waals surface area contributed by atoms with Crippen molar-refractivity contribution in [3.63, 3.8) is 0 Å². The normalized spacial score (nSPS) is 25.0. The standard InChI is InChI=1S/C25H26F2N2O3/c26-19-6-8-21(9-7-19)29-17-24(32-15-22(29)30)12-13-28(16-24)23(31)25(10-1-2-11-25)18-4-3-5-20(27)14-18/h3-9,14H,1-2,10-13,15-17H2. The van der Waals surface area contributed by atoms with Crippen LogP contribution in [0.15, 0.2) is 48.5 Å². The van der Waals surface area contributed by atoms with E-state index in [-0.39, 0.29) is 30.1 Å². The Morgan fingerprint density at radius 2 is 1.69 bits per heavy atom. The first-order valence-electron chi connectivity index (χ1n) is 11.2. The fraction of sp³-hybridized carbons (Fsp3) is 0.440. The maximum atomic E-state index is 14.0. The molecular weight excluding hydrogens is 414 g/mol. The maximum absolute atomic E-state index is 14.0. The average molecular weight is 440 g/mol. The first kappa shape index (κ1) is 21.1. The minimum Gasteiger partial charge on any atom is -0.361 e. The minimum atomic E-state index is -0.700. The van der Waals surface area contributed by atoms with Gasteiger partial charge in [0.05, 0.1) is 18.5 Å². The van der Waals surface area contributed by atoms with Gasteiger partial charge in [-0.05, 0) is 61.2 Å². The molecule has 3 fully saturated rings. The quantitative estimate of drug-likeness (QED) is 0.729. The zero-order valence-corrected chi connectivity index (χ0v) is 17.9. The predicted molar refractivity (Wildman–Crippen MR) is 115 cm³/mol. The third-order valence-electron chi connectivity index (χ3n) is 7.23. The van der Waals surface area contributed by atoms with E-state index in [2.05, 4.69) is 0 Å². The van der Waals surface area contributed by atoms with Crippen LogP contribution in [0.1, 0.15) is 37.7 Å². The number of hydrogen-bond donors (Lipinski definition) is 0. The van der Waals surface area contributed by atoms with Crippen molar-refractivity contribution in [2.24, 2.45) is 0 Å². The summed E-state index contributed by atoms with van der Waals surface area (Å²) < 4.78 is 33.3. The van der Waals surface area contributed by atoms with Gasteiger partial charge >= 0.3 is 0 Å². The highest BCUT2D eigenvalue weighted by molar-refractivity contribution is 5.95. The van der Waals surface area contributed by atoms with Crippen molar-refractivity contribution < 1.29 is 23.1 Å². The van der Waals surface area contributed by atoms with E-state index >= 15 is 0 Å². The number of carbonyl (C=O) groups is 2. The van der Waals surface area contributed by atoms with Crippen LogP contribution in [0.5, 0.6) is 0 Å². The molecule has 3 aliphatic rings. The molecule has 0 bridgehead atoms. The average Bonchev–Trinajstić information content (AvgIpc) is 3.45. The van der Waals surface area contributed by atoms with Gasteiger partial charge in [0.25, 0.3) is 5.91 Å². The van der Waals surface area contributed by atoms with Crippen LogP contribution in [0, 0.1) is 11.6 Å². The molecule has 2 aromatic rings. The largest absolute Gasteiger partial charge is 0.361 e. The highest BCUT2D eigenvalue weighted by Gasteiger charge is 2.51. The van der Waals surface area contributed by atoms with Gasteiger partial charge in [0.15, 0.2) is 0 Å². The lowest BCUT2D eigenvalue weighted by molar-refractivity contribution is -0.141. The summed E-state index contributed by atoms with van der Waals surface area (Å²) in [6, 6.07) is 12.2. The summed E-state index contributed by atoms with van der Waals surface area (Å²) in [5.74, 6) is -0.852. The summed E-state index contributed by atoms with van der Waals surface area (Å²) >= 11 is 0. The highest BCUT2D eigenvalue weighted by atomic mass is 19.1. The molecule has 168 valence electrons. The van der Waals surface area contributed by atoms with E-state index in [1.54, 1.807) is 23.1 Å². The molecule has 32 heavy (non-hydrogen) atoms. The summed E-state index contributed by atoms with van der Waals surface area (Å²) in [6.45, 7) is 1.15. The van der Waals surface area contributed by atoms with Crippen LogP contribution in [0.2, 0.25) is 0 Å². The Hall–Kier alpha value is -2.80. The second-order valence-corrected chi connectivity index (χ2v) is 9.20. The highest BCUT2D eigenvalue weighted by Crippen LogP contribution is 2.44. The number of benzene rings is 2. The topological polar surface area (TPSA) is 49.9 Å². The van der Waals surface area contributed by atoms with Crippen LogP contribution in [0.3, 0.4) is 0 Å². The van der Waals surface area contributed by atoms with E-state index in [1.165, 1.54) is 24.3 Å². The summed E-state index contributed by atoms with van der Waals surface area (Å²) in [7, 11) is 0. The summed E-state index contributed by atoms with van der Waals surface area (Å²) in [5, 5.41) is 0. The molecule has 5 nitrogen and oxygen atoms in total. The van der Waals surface area contributed by atoms with E-state index in [9.17, 15) is 18.4 Å². The van der Waals surface area contributed by atoms with E-state index in [4.69, 9.17) is 4.74 Å². The van der Waals surface area contributed by atoms with Crippen LogP contribution < -0.4 is 4.90 Å². The van der Waals surface area contributed by atoms with Crippen LogP contribution >= 0.6 is 0 Å². The molecular formula is C25H26F2N2O3. The Bertz CT molecular complexity index is 1040. The van der Waals surface area contributed by atoms with Crippen molar-refractivity contribution in [2.75, 3.05) is 31.1 Å². The molecule has 2 saturated heterocycles. The molecule has 5 rings (SSSR count). The summed E-state index contributed by atoms with van der Waals surface area (Å²) in [5.41, 5.74) is 0.0126. The summed E-state index contributed by atoms with van der Waals surface area (Å²) in [6.07, 6.45) is 3.90. The van der Waals surface area contributed by atoms with Crippen molar-refractivity contribution in [2.45, 2.75) is 43.1 Å². The van der Waals surface area contributed by atoms with E-state index in [1.807, 2.05) is 11.0 Å². The zero-order valence-electron chi connectivity index (χ0n) is 17.9. The number of likely N-dealkylation sites (tertiary alicyclic amines) is 1. The van der Waals surface area contributed by atoms with Crippen LogP contribution in [0.4, 0.5) is 14.5 Å². The first-order valence-corrected chi connectivity index (χ1v) is 11.2. The van der Waals surface area contributed by atoms with Crippen molar-refractivity contribution in [3.8, 4) is 0 Å². The molecule has 2 heterocycles. The molecule has 1 atom stereocenters. The second kappa shape index (κ2) is 7.96. The fourth-order valence-corrected chi connectivity index (χ4v) is 5.53. The van der Waals surface area contributed by atoms with E-state index in [0.717, 1.165) is 18.4 Å². The lowest BCUT2D eigenvalue weighted by atomic mass is 9.77. The predicted octanol–water partition coefficient (Wildman–Crippen LogP) is 3.81. The first-order chi connectivity index (χ1) is 15.4. The molecule has 1 spiro atoms. The Balaban J connectivity index is 1.37. The van der Waals surface area contributed by atoms with Gasteiger partial charge < -0.3 is 14.5 Å². The van der Waals surface area contributed by atoms with Crippen molar-refractivity contribution >= 4 is 17.5 Å². The van der Waals surface area contributed by atoms with E-state index in [0.29, 0.717) is 44.6 Å². The molecule has 2 aromatic carbocycles. The number of nitrogens with zero attached hydrogens (tertiary/aromatic N) is 2. The molecule has 1 aliphatic carbocycles. The van der Waals surface area contributed by atoms with Gasteiger partial charge in [-0.15, -0.1) is 0 Å². The van der Waals surface area contributed by atoms with Gasteiger partial charge in [0, 0.05) is 12.2 Å². The van der Waals surface area contributed by atoms with Gasteiger partial charge in [0.1, 0.15) is 23.8 Å².